The number of nitrogens with one attached hydrogen (secondary N) is 1. The molecule has 4 rings (SSSR count). The summed E-state index contributed by atoms with van der Waals surface area (Å²) in [5.74, 6) is 0.741. The van der Waals surface area contributed by atoms with Crippen LogP contribution in [0.4, 0.5) is 0 Å². The summed E-state index contributed by atoms with van der Waals surface area (Å²) in [6.07, 6.45) is 5.38. The highest BCUT2D eigenvalue weighted by Crippen LogP contribution is 2.30. The van der Waals surface area contributed by atoms with Crippen LogP contribution in [0.3, 0.4) is 0 Å². The molecule has 0 unspecified atom stereocenters. The lowest BCUT2D eigenvalue weighted by atomic mass is 9.95. The second-order valence-corrected chi connectivity index (χ2v) is 10.7. The van der Waals surface area contributed by atoms with Crippen molar-refractivity contribution in [2.45, 2.75) is 58.2 Å². The van der Waals surface area contributed by atoms with Gasteiger partial charge in [0.15, 0.2) is 0 Å². The number of hydrogen-bond acceptors (Lipinski definition) is 6. The Hall–Kier alpha value is -2.68. The third kappa shape index (κ3) is 7.43. The number of aryl methyl sites for hydroxylation is 2. The second-order valence-electron chi connectivity index (χ2n) is 10.3. The minimum absolute atomic E-state index is 0.0298. The van der Waals surface area contributed by atoms with Crippen LogP contribution in [0.5, 0.6) is 5.75 Å². The van der Waals surface area contributed by atoms with Crippen molar-refractivity contribution in [1.82, 2.24) is 20.1 Å². The van der Waals surface area contributed by atoms with E-state index >= 15 is 0 Å². The Morgan fingerprint density at radius 1 is 1.22 bits per heavy atom. The summed E-state index contributed by atoms with van der Waals surface area (Å²) in [4.78, 5) is 33.3. The number of hydrogen-bond donors (Lipinski definition) is 1. The first kappa shape index (κ1) is 27.4. The van der Waals surface area contributed by atoms with E-state index in [2.05, 4.69) is 21.3 Å². The van der Waals surface area contributed by atoms with E-state index in [1.165, 1.54) is 6.92 Å². The molecule has 1 aromatic heterocycles. The van der Waals surface area contributed by atoms with Gasteiger partial charge < -0.3 is 19.7 Å². The van der Waals surface area contributed by atoms with E-state index < -0.39 is 5.60 Å². The van der Waals surface area contributed by atoms with Crippen LogP contribution < -0.4 is 10.1 Å². The Kier molecular flexibility index (Phi) is 9.05. The monoisotopic (exact) mass is 528 g/mol. The fourth-order valence-electron chi connectivity index (χ4n) is 5.21. The van der Waals surface area contributed by atoms with Crippen molar-refractivity contribution in [1.29, 1.82) is 0 Å². The van der Waals surface area contributed by atoms with Crippen molar-refractivity contribution in [2.75, 3.05) is 39.4 Å². The Balaban J connectivity index is 1.47. The Morgan fingerprint density at radius 2 is 1.95 bits per heavy atom. The fraction of sp³-hybridized carbons (Fsp3) is 0.536. The SMILES string of the molecule is CC(=O)NC1CCN(C(=O)C[C@]2(COc3cc(C)c(Cl)c(C)c3)CN(Cc3cccnc3)CCO2)CC1. The number of rotatable bonds is 8. The van der Waals surface area contributed by atoms with E-state index in [4.69, 9.17) is 21.1 Å². The van der Waals surface area contributed by atoms with Crippen LogP contribution in [0.2, 0.25) is 5.02 Å². The van der Waals surface area contributed by atoms with Gasteiger partial charge in [-0.05, 0) is 61.6 Å². The average molecular weight is 529 g/mol. The Bertz CT molecular complexity index is 1070. The van der Waals surface area contributed by atoms with E-state index in [9.17, 15) is 9.59 Å². The minimum Gasteiger partial charge on any atom is -0.490 e. The molecular weight excluding hydrogens is 492 g/mol. The number of benzene rings is 1. The molecule has 2 aliphatic rings. The zero-order valence-corrected chi connectivity index (χ0v) is 22.7. The normalized spacial score (nSPS) is 21.0. The molecule has 1 N–H and O–H groups in total. The first-order valence-corrected chi connectivity index (χ1v) is 13.3. The molecule has 8 nitrogen and oxygen atoms in total. The number of carbonyl (C=O) groups excluding carboxylic acids is 2. The maximum atomic E-state index is 13.5. The molecule has 2 aromatic rings. The lowest BCUT2D eigenvalue weighted by molar-refractivity contribution is -0.157. The van der Waals surface area contributed by atoms with Crippen molar-refractivity contribution in [3.63, 3.8) is 0 Å². The zero-order chi connectivity index (χ0) is 26.4. The molecule has 3 heterocycles. The van der Waals surface area contributed by atoms with Gasteiger partial charge in [0.1, 0.15) is 18.0 Å². The van der Waals surface area contributed by atoms with Crippen LogP contribution >= 0.6 is 11.6 Å². The molecule has 2 fully saturated rings. The highest BCUT2D eigenvalue weighted by molar-refractivity contribution is 6.32. The minimum atomic E-state index is -0.784. The van der Waals surface area contributed by atoms with Gasteiger partial charge in [-0.25, -0.2) is 0 Å². The number of amides is 2. The second kappa shape index (κ2) is 12.2. The molecule has 0 saturated carbocycles. The van der Waals surface area contributed by atoms with Crippen LogP contribution in [-0.2, 0) is 20.9 Å². The van der Waals surface area contributed by atoms with E-state index in [-0.39, 0.29) is 30.9 Å². The lowest BCUT2D eigenvalue weighted by Crippen LogP contribution is -2.57. The van der Waals surface area contributed by atoms with E-state index in [0.717, 1.165) is 53.4 Å². The summed E-state index contributed by atoms with van der Waals surface area (Å²) >= 11 is 6.35. The largest absolute Gasteiger partial charge is 0.490 e. The van der Waals surface area contributed by atoms with E-state index in [0.29, 0.717) is 26.2 Å². The predicted octanol–water partition coefficient (Wildman–Crippen LogP) is 3.52. The van der Waals surface area contributed by atoms with Crippen LogP contribution in [0.1, 0.15) is 42.9 Å². The smallest absolute Gasteiger partial charge is 0.225 e. The number of pyridine rings is 1. The molecule has 0 aliphatic carbocycles. The number of ether oxygens (including phenoxy) is 2. The van der Waals surface area contributed by atoms with Gasteiger partial charge in [-0.2, -0.15) is 0 Å². The van der Waals surface area contributed by atoms with E-state index in [1.807, 2.05) is 43.1 Å². The first-order chi connectivity index (χ1) is 17.7. The van der Waals surface area contributed by atoms with Gasteiger partial charge in [0, 0.05) is 63.1 Å². The standard InChI is InChI=1S/C28H37ClN4O4/c1-20-13-25(14-21(2)27(20)29)36-19-28(15-26(35)33-9-6-24(7-10-33)31-22(3)34)18-32(11-12-37-28)17-23-5-4-8-30-16-23/h4-5,8,13-14,16,24H,6-7,9-12,15,17-19H2,1-3H3,(H,31,34)/t28-/m1/s1. The molecule has 200 valence electrons. The number of morpholine rings is 1. The molecule has 37 heavy (non-hydrogen) atoms. The summed E-state index contributed by atoms with van der Waals surface area (Å²) < 4.78 is 12.6. The molecule has 9 heteroatoms. The van der Waals surface area contributed by atoms with Crippen molar-refractivity contribution in [3.8, 4) is 5.75 Å². The molecule has 2 amide bonds. The van der Waals surface area contributed by atoms with Crippen LogP contribution in [0.25, 0.3) is 0 Å². The Labute approximate surface area is 224 Å². The highest BCUT2D eigenvalue weighted by atomic mass is 35.5. The maximum Gasteiger partial charge on any atom is 0.225 e. The predicted molar refractivity (Wildman–Crippen MR) is 143 cm³/mol. The number of piperidine rings is 1. The summed E-state index contributed by atoms with van der Waals surface area (Å²) in [7, 11) is 0. The Morgan fingerprint density at radius 3 is 2.59 bits per heavy atom. The molecule has 1 atom stereocenters. The topological polar surface area (TPSA) is 84.0 Å². The van der Waals surface area contributed by atoms with Gasteiger partial charge in [-0.3, -0.25) is 19.5 Å². The molecule has 1 aromatic carbocycles. The quantitative estimate of drug-likeness (QED) is 0.564. The molecule has 0 bridgehead atoms. The van der Waals surface area contributed by atoms with Gasteiger partial charge in [0.05, 0.1) is 13.0 Å². The van der Waals surface area contributed by atoms with Crippen LogP contribution in [0.15, 0.2) is 36.7 Å². The third-order valence-corrected chi connectivity index (χ3v) is 7.69. The van der Waals surface area contributed by atoms with Crippen molar-refractivity contribution >= 4 is 23.4 Å². The number of halogens is 1. The maximum absolute atomic E-state index is 13.5. The molecule has 0 radical (unpaired) electrons. The lowest BCUT2D eigenvalue weighted by Gasteiger charge is -2.43. The number of aromatic nitrogens is 1. The molecular formula is C28H37ClN4O4. The number of carbonyl (C=O) groups is 2. The summed E-state index contributed by atoms with van der Waals surface area (Å²) in [6, 6.07) is 7.97. The summed E-state index contributed by atoms with van der Waals surface area (Å²) in [6.45, 7) is 9.53. The zero-order valence-electron chi connectivity index (χ0n) is 22.0. The first-order valence-electron chi connectivity index (χ1n) is 12.9. The molecule has 2 aliphatic heterocycles. The van der Waals surface area contributed by atoms with Crippen molar-refractivity contribution in [2.24, 2.45) is 0 Å². The summed E-state index contributed by atoms with van der Waals surface area (Å²) in [5.41, 5.74) is 2.24. The number of nitrogens with zero attached hydrogens (tertiary/aromatic N) is 3. The average Bonchev–Trinajstić information content (AvgIpc) is 2.87. The fourth-order valence-corrected chi connectivity index (χ4v) is 5.32. The highest BCUT2D eigenvalue weighted by Gasteiger charge is 2.41. The van der Waals surface area contributed by atoms with Crippen LogP contribution in [-0.4, -0.2) is 77.6 Å². The van der Waals surface area contributed by atoms with Crippen LogP contribution in [0, 0.1) is 13.8 Å². The number of likely N-dealkylation sites (tertiary alicyclic amines) is 1. The van der Waals surface area contributed by atoms with Gasteiger partial charge in [0.25, 0.3) is 0 Å². The molecule has 0 spiro atoms. The van der Waals surface area contributed by atoms with E-state index in [1.54, 1.807) is 6.20 Å². The van der Waals surface area contributed by atoms with Crippen molar-refractivity contribution in [3.05, 3.63) is 58.4 Å². The van der Waals surface area contributed by atoms with Crippen molar-refractivity contribution < 1.29 is 19.1 Å². The summed E-state index contributed by atoms with van der Waals surface area (Å²) in [5, 5.41) is 3.70. The third-order valence-electron chi connectivity index (χ3n) is 7.10. The van der Waals surface area contributed by atoms with Gasteiger partial charge in [-0.1, -0.05) is 17.7 Å². The van der Waals surface area contributed by atoms with Gasteiger partial charge in [-0.15, -0.1) is 0 Å². The molecule has 2 saturated heterocycles. The van der Waals surface area contributed by atoms with Gasteiger partial charge in [0.2, 0.25) is 11.8 Å². The van der Waals surface area contributed by atoms with Gasteiger partial charge >= 0.3 is 0 Å².